The molecule has 16 heteroatoms. The van der Waals surface area contributed by atoms with E-state index in [9.17, 15) is 14.4 Å². The Kier molecular flexibility index (Phi) is 14.7. The number of benzene rings is 4. The van der Waals surface area contributed by atoms with Gasteiger partial charge in [-0.3, -0.25) is 14.4 Å². The Balaban J connectivity index is 0.000000182. The van der Waals surface area contributed by atoms with Crippen LogP contribution in [0.1, 0.15) is 107 Å². The molecule has 370 valence electrons. The summed E-state index contributed by atoms with van der Waals surface area (Å²) in [6.45, 7) is 14.2. The summed E-state index contributed by atoms with van der Waals surface area (Å²) >= 11 is 12.5. The van der Waals surface area contributed by atoms with Crippen LogP contribution in [-0.2, 0) is 20.8 Å². The van der Waals surface area contributed by atoms with Crippen molar-refractivity contribution in [1.29, 1.82) is 0 Å². The van der Waals surface area contributed by atoms with Crippen molar-refractivity contribution in [3.63, 3.8) is 0 Å². The molecular formula is C55H57Cl2N5O9. The van der Waals surface area contributed by atoms with E-state index in [0.717, 1.165) is 64.0 Å². The normalized spacial score (nSPS) is 15.5. The molecule has 71 heavy (non-hydrogen) atoms. The van der Waals surface area contributed by atoms with Crippen molar-refractivity contribution in [3.8, 4) is 34.4 Å². The van der Waals surface area contributed by atoms with E-state index in [1.807, 2.05) is 135 Å². The zero-order valence-corrected chi connectivity index (χ0v) is 42.4. The second kappa shape index (κ2) is 20.8. The summed E-state index contributed by atoms with van der Waals surface area (Å²) in [6, 6.07) is 30.4. The highest BCUT2D eigenvalue weighted by atomic mass is 35.5. The van der Waals surface area contributed by atoms with Gasteiger partial charge in [-0.2, -0.15) is 9.59 Å². The average molecular weight is 1000 g/mol. The van der Waals surface area contributed by atoms with Crippen LogP contribution < -0.4 is 24.3 Å². The van der Waals surface area contributed by atoms with E-state index in [4.69, 9.17) is 51.7 Å². The lowest BCUT2D eigenvalue weighted by molar-refractivity contribution is -0.191. The number of nitrogens with one attached hydrogen (secondary N) is 1. The molecule has 1 N–H and O–H groups in total. The first kappa shape index (κ1) is 50.4. The van der Waals surface area contributed by atoms with Crippen molar-refractivity contribution < 1.29 is 42.9 Å². The summed E-state index contributed by atoms with van der Waals surface area (Å²) in [5.41, 5.74) is 6.49. The number of rotatable bonds is 7. The van der Waals surface area contributed by atoms with Gasteiger partial charge in [-0.1, -0.05) is 23.2 Å². The van der Waals surface area contributed by atoms with Gasteiger partial charge in [0.05, 0.1) is 35.0 Å². The number of aryl methyl sites for hydroxylation is 2. The van der Waals surface area contributed by atoms with Crippen LogP contribution in [0.5, 0.6) is 23.0 Å². The summed E-state index contributed by atoms with van der Waals surface area (Å²) in [7, 11) is 1.62. The van der Waals surface area contributed by atoms with Crippen LogP contribution >= 0.6 is 23.2 Å². The topological polar surface area (TPSA) is 151 Å². The number of fused-ring (bicyclic) bond motifs is 8. The predicted octanol–water partition coefficient (Wildman–Crippen LogP) is 10.3. The van der Waals surface area contributed by atoms with E-state index in [2.05, 4.69) is 22.1 Å². The molecule has 4 aromatic carbocycles. The molecule has 6 aromatic rings. The summed E-state index contributed by atoms with van der Waals surface area (Å²) in [4.78, 5) is 59.2. The predicted molar refractivity (Wildman–Crippen MR) is 269 cm³/mol. The molecule has 0 atom stereocenters. The van der Waals surface area contributed by atoms with E-state index >= 15 is 0 Å². The van der Waals surface area contributed by atoms with Gasteiger partial charge in [-0.15, -0.1) is 0 Å². The molecule has 0 bridgehead atoms. The fourth-order valence-electron chi connectivity index (χ4n) is 9.93. The van der Waals surface area contributed by atoms with E-state index in [-0.39, 0.29) is 36.1 Å². The fraction of sp³-hybridized carbons (Fsp3) is 0.345. The minimum Gasteiger partial charge on any atom is -0.491 e. The highest BCUT2D eigenvalue weighted by molar-refractivity contribution is 6.31. The number of carbonyl (C=O) groups excluding carboxylic acids is 5. The number of halogens is 2. The molecule has 6 heterocycles. The smallest absolute Gasteiger partial charge is 0.373 e. The van der Waals surface area contributed by atoms with Crippen LogP contribution in [0.4, 0.5) is 0 Å². The van der Waals surface area contributed by atoms with Crippen LogP contribution in [0.3, 0.4) is 0 Å². The largest absolute Gasteiger partial charge is 0.491 e. The Bertz CT molecular complexity index is 3010. The minimum absolute atomic E-state index is 0.00951. The number of ether oxygens (including phenoxy) is 4. The third-order valence-corrected chi connectivity index (χ3v) is 13.7. The van der Waals surface area contributed by atoms with Crippen molar-refractivity contribution in [2.24, 2.45) is 0 Å². The number of piperidine rings is 2. The Morgan fingerprint density at radius 1 is 0.634 bits per heavy atom. The number of amides is 3. The Morgan fingerprint density at radius 3 is 1.56 bits per heavy atom. The zero-order valence-electron chi connectivity index (χ0n) is 40.8. The number of carbonyl (C=O) groups is 3. The monoisotopic (exact) mass is 1000 g/mol. The zero-order chi connectivity index (χ0) is 50.8. The molecule has 2 aromatic heterocycles. The van der Waals surface area contributed by atoms with Crippen LogP contribution in [0, 0.1) is 13.8 Å². The Morgan fingerprint density at radius 2 is 1.10 bits per heavy atom. The molecule has 0 radical (unpaired) electrons. The lowest BCUT2D eigenvalue weighted by Gasteiger charge is -2.45. The molecule has 0 saturated carbocycles. The summed E-state index contributed by atoms with van der Waals surface area (Å²) in [5, 5.41) is 3.94. The van der Waals surface area contributed by atoms with Crippen LogP contribution in [0.25, 0.3) is 11.4 Å². The summed E-state index contributed by atoms with van der Waals surface area (Å²) < 4.78 is 29.0. The van der Waals surface area contributed by atoms with Gasteiger partial charge < -0.3 is 43.2 Å². The number of aromatic nitrogens is 2. The molecular weight excluding hydrogens is 946 g/mol. The van der Waals surface area contributed by atoms with E-state index in [1.54, 1.807) is 19.2 Å². The summed E-state index contributed by atoms with van der Waals surface area (Å²) in [6.07, 6.45) is 5.12. The van der Waals surface area contributed by atoms with E-state index < -0.39 is 11.2 Å². The molecule has 2 saturated heterocycles. The van der Waals surface area contributed by atoms with Crippen molar-refractivity contribution in [3.05, 3.63) is 153 Å². The van der Waals surface area contributed by atoms with Gasteiger partial charge in [0.15, 0.2) is 11.2 Å². The Hall–Kier alpha value is -6.99. The third kappa shape index (κ3) is 10.2. The number of hydrogen-bond donors (Lipinski definition) is 1. The van der Waals surface area contributed by atoms with E-state index in [1.165, 1.54) is 0 Å². The summed E-state index contributed by atoms with van der Waals surface area (Å²) in [5.74, 6) is 2.90. The number of likely N-dealkylation sites (tertiary alicyclic amines) is 2. The van der Waals surface area contributed by atoms with Crippen LogP contribution in [0.15, 0.2) is 103 Å². The molecule has 3 amide bonds. The second-order valence-corrected chi connectivity index (χ2v) is 19.5. The van der Waals surface area contributed by atoms with Gasteiger partial charge in [0, 0.05) is 98.4 Å². The van der Waals surface area contributed by atoms with Crippen LogP contribution in [-0.4, -0.2) is 88.2 Å². The highest BCUT2D eigenvalue weighted by Crippen LogP contribution is 2.48. The maximum Gasteiger partial charge on any atom is 0.373 e. The first-order valence-corrected chi connectivity index (χ1v) is 24.5. The standard InChI is InChI=1S/C28H30ClN3O4.C26H27ClN2O3.CO2/c1-17(2)35-23-9-5-19(15-18(23)3)27(34)31-13-11-28(12-14-31)25-10-8-22(26(33)30-4)32(25)21-7-6-20(29)16-24(21)36-28;1-17(2)31-22-9-6-19(15-18(22)3)25(30)28-13-10-26(11-14-28)24-5-4-12-29(24)21-8-7-20(27)16-23(21)32-26;2-1-3/h5-10,15-17H,11-14H2,1-4H3,(H,30,33);4-9,12,15-17H,10-11,13-14H2,1-3H3;. The van der Waals surface area contributed by atoms with Gasteiger partial charge >= 0.3 is 6.15 Å². The second-order valence-electron chi connectivity index (χ2n) is 18.7. The fourth-order valence-corrected chi connectivity index (χ4v) is 10.3. The highest BCUT2D eigenvalue weighted by Gasteiger charge is 2.47. The third-order valence-electron chi connectivity index (χ3n) is 13.3. The lowest BCUT2D eigenvalue weighted by Crippen LogP contribution is -2.50. The van der Waals surface area contributed by atoms with Crippen molar-refractivity contribution in [1.82, 2.24) is 24.3 Å². The molecule has 2 fully saturated rings. The van der Waals surface area contributed by atoms with E-state index in [0.29, 0.717) is 71.6 Å². The number of hydrogen-bond acceptors (Lipinski definition) is 9. The lowest BCUT2D eigenvalue weighted by atomic mass is 9.86. The van der Waals surface area contributed by atoms with Crippen molar-refractivity contribution in [2.75, 3.05) is 33.2 Å². The van der Waals surface area contributed by atoms with Gasteiger partial charge in [0.25, 0.3) is 17.7 Å². The van der Waals surface area contributed by atoms with Crippen molar-refractivity contribution in [2.45, 2.75) is 90.6 Å². The molecule has 4 aliphatic heterocycles. The molecule has 0 aliphatic carbocycles. The average Bonchev–Trinajstić information content (AvgIpc) is 4.03. The Labute approximate surface area is 423 Å². The minimum atomic E-state index is -0.661. The quantitative estimate of drug-likeness (QED) is 0.165. The van der Waals surface area contributed by atoms with Crippen molar-refractivity contribution >= 4 is 47.1 Å². The van der Waals surface area contributed by atoms with Gasteiger partial charge in [-0.25, -0.2) is 0 Å². The first-order chi connectivity index (χ1) is 34.0. The molecule has 4 aliphatic rings. The van der Waals surface area contributed by atoms with Gasteiger partial charge in [0.2, 0.25) is 0 Å². The number of nitrogens with zero attached hydrogens (tertiary/aromatic N) is 4. The molecule has 10 rings (SSSR count). The molecule has 14 nitrogen and oxygen atoms in total. The SMILES string of the molecule is CNC(=O)c1ccc2n1-c1ccc(Cl)cc1OC21CCN(C(=O)c2ccc(OC(C)C)c(C)c2)CC1.Cc1cc(C(=O)N2CCC3(CC2)Oc2cc(Cl)ccc2-n2cccc23)ccc1OC(C)C.O=C=O. The van der Waals surface area contributed by atoms with Crippen LogP contribution in [0.2, 0.25) is 10.0 Å². The van der Waals surface area contributed by atoms with Gasteiger partial charge in [-0.05, 0) is 138 Å². The maximum atomic E-state index is 13.3. The maximum absolute atomic E-state index is 13.3. The molecule has 0 unspecified atom stereocenters. The molecule has 2 spiro atoms. The first-order valence-electron chi connectivity index (χ1n) is 23.7. The van der Waals surface area contributed by atoms with Gasteiger partial charge in [0.1, 0.15) is 28.7 Å².